The van der Waals surface area contributed by atoms with E-state index in [0.29, 0.717) is 0 Å². The van der Waals surface area contributed by atoms with Crippen molar-refractivity contribution in [2.45, 2.75) is 18.8 Å². The minimum Gasteiger partial charge on any atom is -0.453 e. The van der Waals surface area contributed by atoms with Gasteiger partial charge in [0.2, 0.25) is 5.58 Å². The summed E-state index contributed by atoms with van der Waals surface area (Å²) < 4.78 is 10.6. The molecule has 0 aliphatic heterocycles. The molecule has 0 atom stereocenters. The molecule has 0 unspecified atom stereocenters. The van der Waals surface area contributed by atoms with E-state index >= 15 is 0 Å². The fourth-order valence-electron chi connectivity index (χ4n) is 7.26. The number of nitrogens with zero attached hydrogens (tertiary/aromatic N) is 1. The molecule has 0 saturated carbocycles. The lowest BCUT2D eigenvalue weighted by Crippen LogP contribution is -2.30. The number of hydrogen-bond donors (Lipinski definition) is 0. The van der Waals surface area contributed by atoms with Crippen molar-refractivity contribution in [1.29, 1.82) is 0 Å². The van der Waals surface area contributed by atoms with Crippen molar-refractivity contribution in [1.82, 2.24) is 0 Å². The molecule has 0 saturated heterocycles. The van der Waals surface area contributed by atoms with Crippen LogP contribution in [-0.2, 0) is 7.05 Å². The highest BCUT2D eigenvalue weighted by Gasteiger charge is 2.45. The summed E-state index contributed by atoms with van der Waals surface area (Å²) in [6, 6.07) is 31.6. The van der Waals surface area contributed by atoms with Crippen LogP contribution >= 0.6 is 11.3 Å². The smallest absolute Gasteiger partial charge is 0.256 e. The van der Waals surface area contributed by atoms with Gasteiger partial charge < -0.3 is 4.42 Å². The van der Waals surface area contributed by atoms with E-state index in [0.717, 1.165) is 17.0 Å². The third kappa shape index (κ3) is 2.50. The highest BCUT2D eigenvalue weighted by molar-refractivity contribution is 7.17. The number of pyridine rings is 1. The number of benzene rings is 4. The molecule has 3 heterocycles. The zero-order valence-corrected chi connectivity index (χ0v) is 22.0. The van der Waals surface area contributed by atoms with Crippen LogP contribution in [0.2, 0.25) is 0 Å². The maximum Gasteiger partial charge on any atom is 0.256 e. The van der Waals surface area contributed by atoms with E-state index in [1.165, 1.54) is 65.2 Å². The molecule has 4 aromatic carbocycles. The average Bonchev–Trinajstić information content (AvgIpc) is 3.58. The van der Waals surface area contributed by atoms with Crippen LogP contribution in [0.15, 0.2) is 101 Å². The predicted octanol–water partition coefficient (Wildman–Crippen LogP) is 8.59. The Morgan fingerprint density at radius 3 is 2.18 bits per heavy atom. The molecule has 0 amide bonds. The van der Waals surface area contributed by atoms with Crippen molar-refractivity contribution >= 4 is 43.2 Å². The van der Waals surface area contributed by atoms with Crippen LogP contribution in [0.1, 0.15) is 51.0 Å². The maximum absolute atomic E-state index is 7.03. The highest BCUT2D eigenvalue weighted by Crippen LogP contribution is 2.58. The van der Waals surface area contributed by atoms with Crippen LogP contribution in [-0.4, -0.2) is 0 Å². The van der Waals surface area contributed by atoms with Gasteiger partial charge >= 0.3 is 0 Å². The normalized spacial score (nSPS) is 17.2. The lowest BCUT2D eigenvalue weighted by Gasteiger charge is -2.39. The minimum absolute atomic E-state index is 0.135. The van der Waals surface area contributed by atoms with Crippen molar-refractivity contribution in [2.24, 2.45) is 7.05 Å². The molecule has 10 rings (SSSR count). The second-order valence-electron chi connectivity index (χ2n) is 10.8. The van der Waals surface area contributed by atoms with E-state index < -0.39 is 0 Å². The molecular weight excluding hydrogens is 482 g/mol. The molecule has 180 valence electrons. The Labute approximate surface area is 224 Å². The largest absolute Gasteiger partial charge is 0.453 e. The van der Waals surface area contributed by atoms with Gasteiger partial charge in [-0.1, -0.05) is 60.7 Å². The third-order valence-corrected chi connectivity index (χ3v) is 9.77. The number of aryl methyl sites for hydroxylation is 2. The van der Waals surface area contributed by atoms with E-state index in [2.05, 4.69) is 115 Å². The van der Waals surface area contributed by atoms with Crippen LogP contribution in [0.25, 0.3) is 43.1 Å². The topological polar surface area (TPSA) is 17.0 Å². The predicted molar refractivity (Wildman–Crippen MR) is 155 cm³/mol. The summed E-state index contributed by atoms with van der Waals surface area (Å²) in [6.45, 7) is 2.23. The van der Waals surface area contributed by atoms with E-state index in [1.54, 1.807) is 11.3 Å². The van der Waals surface area contributed by atoms with Gasteiger partial charge in [0.25, 0.3) is 5.69 Å². The zero-order chi connectivity index (χ0) is 25.1. The van der Waals surface area contributed by atoms with Crippen molar-refractivity contribution in [3.63, 3.8) is 0 Å². The van der Waals surface area contributed by atoms with E-state index in [-0.39, 0.29) is 11.8 Å². The fourth-order valence-corrected chi connectivity index (χ4v) is 8.06. The molecule has 0 N–H and O–H groups in total. The maximum atomic E-state index is 7.03. The average molecular weight is 507 g/mol. The minimum atomic E-state index is 0.135. The molecular formula is C35H24NOS+. The number of rotatable bonds is 1. The van der Waals surface area contributed by atoms with Crippen LogP contribution in [0.3, 0.4) is 0 Å². The van der Waals surface area contributed by atoms with E-state index in [9.17, 15) is 0 Å². The summed E-state index contributed by atoms with van der Waals surface area (Å²) in [5.74, 6) is 1.46. The Kier molecular flexibility index (Phi) is 3.95. The van der Waals surface area contributed by atoms with E-state index in [1.807, 2.05) is 0 Å². The fraction of sp³-hybridized carbons (Fsp3) is 0.114. The number of hydrogen-bond acceptors (Lipinski definition) is 2. The van der Waals surface area contributed by atoms with Crippen molar-refractivity contribution in [3.8, 4) is 11.3 Å². The first-order valence-corrected chi connectivity index (χ1v) is 14.1. The second-order valence-corrected chi connectivity index (χ2v) is 11.8. The lowest BCUT2D eigenvalue weighted by molar-refractivity contribution is -0.659. The Hall–Kier alpha value is -4.21. The SMILES string of the molecule is Cc1cc2ccc3sccc3c2cc1-c1c2oc3c(c2cc[n+]1C)C1c2ccccc2C3c2ccccc21. The van der Waals surface area contributed by atoms with Gasteiger partial charge in [-0.2, -0.15) is 4.57 Å². The van der Waals surface area contributed by atoms with Crippen LogP contribution in [0.5, 0.6) is 0 Å². The number of aromatic nitrogens is 1. The first kappa shape index (κ1) is 20.8. The van der Waals surface area contributed by atoms with Crippen LogP contribution in [0, 0.1) is 6.92 Å². The molecule has 3 aliphatic carbocycles. The molecule has 0 spiro atoms. The second kappa shape index (κ2) is 7.21. The molecule has 2 nitrogen and oxygen atoms in total. The van der Waals surface area contributed by atoms with E-state index in [4.69, 9.17) is 4.42 Å². The van der Waals surface area contributed by atoms with Gasteiger partial charge in [-0.3, -0.25) is 0 Å². The molecule has 2 bridgehead atoms. The Morgan fingerprint density at radius 1 is 0.737 bits per heavy atom. The van der Waals surface area contributed by atoms with Crippen molar-refractivity contribution in [3.05, 3.63) is 136 Å². The summed E-state index contributed by atoms with van der Waals surface area (Å²) in [4.78, 5) is 0. The van der Waals surface area contributed by atoms with Gasteiger partial charge in [0.15, 0.2) is 6.20 Å². The summed E-state index contributed by atoms with van der Waals surface area (Å²) in [7, 11) is 2.14. The van der Waals surface area contributed by atoms with Crippen molar-refractivity contribution < 1.29 is 8.98 Å². The van der Waals surface area contributed by atoms with Crippen LogP contribution < -0.4 is 4.57 Å². The standard InChI is InChI=1S/C35H24NOS/c1-19-17-20-11-12-29-21(14-16-38-29)28(20)18-27(19)33-34-26(13-15-36(33)2)32-30-22-7-3-5-9-24(22)31(35(32)37-34)25-10-6-4-8-23(25)30/h3-18,30-31H,1-2H3/q+1. The Bertz CT molecular complexity index is 2080. The first-order chi connectivity index (χ1) is 18.7. The Morgan fingerprint density at radius 2 is 1.45 bits per heavy atom. The molecule has 3 aliphatic rings. The van der Waals surface area contributed by atoms with Gasteiger partial charge in [0, 0.05) is 33.0 Å². The zero-order valence-electron chi connectivity index (χ0n) is 21.2. The van der Waals surface area contributed by atoms with Crippen LogP contribution in [0.4, 0.5) is 0 Å². The van der Waals surface area contributed by atoms with Gasteiger partial charge in [-0.15, -0.1) is 11.3 Å². The molecule has 3 heteroatoms. The Balaban J connectivity index is 1.37. The highest BCUT2D eigenvalue weighted by atomic mass is 32.1. The van der Waals surface area contributed by atoms with Crippen molar-refractivity contribution in [2.75, 3.05) is 0 Å². The summed E-state index contributed by atoms with van der Waals surface area (Å²) in [5.41, 5.74) is 11.6. The number of fused-ring (bicyclic) bond motifs is 4. The summed E-state index contributed by atoms with van der Waals surface area (Å²) in [5, 5.41) is 7.34. The summed E-state index contributed by atoms with van der Waals surface area (Å²) >= 11 is 1.80. The lowest BCUT2D eigenvalue weighted by atomic mass is 9.63. The molecule has 0 fully saturated rings. The molecule has 0 radical (unpaired) electrons. The summed E-state index contributed by atoms with van der Waals surface area (Å²) in [6.07, 6.45) is 2.21. The van der Waals surface area contributed by atoms with Gasteiger partial charge in [0.05, 0.1) is 11.5 Å². The number of furan rings is 1. The quantitative estimate of drug-likeness (QED) is 0.204. The monoisotopic (exact) mass is 506 g/mol. The molecule has 38 heavy (non-hydrogen) atoms. The van der Waals surface area contributed by atoms with Gasteiger partial charge in [-0.05, 0) is 69.1 Å². The first-order valence-electron chi connectivity index (χ1n) is 13.2. The van der Waals surface area contributed by atoms with Gasteiger partial charge in [-0.25, -0.2) is 0 Å². The number of thiophene rings is 1. The molecule has 3 aromatic heterocycles. The van der Waals surface area contributed by atoms with Gasteiger partial charge in [0.1, 0.15) is 12.8 Å². The third-order valence-electron chi connectivity index (χ3n) is 8.88. The molecule has 7 aromatic rings.